The molecule has 0 fully saturated rings. The van der Waals surface area contributed by atoms with Crippen LogP contribution in [-0.2, 0) is 13.6 Å². The molecule has 7 heteroatoms. The van der Waals surface area contributed by atoms with Crippen molar-refractivity contribution in [1.29, 1.82) is 0 Å². The molecule has 0 spiro atoms. The first-order valence-electron chi connectivity index (χ1n) is 7.12. The first-order valence-corrected chi connectivity index (χ1v) is 7.12. The maximum Gasteiger partial charge on any atom is 0.263 e. The molecule has 0 amide bonds. The minimum Gasteiger partial charge on any atom is -0.365 e. The van der Waals surface area contributed by atoms with Gasteiger partial charge >= 0.3 is 0 Å². The van der Waals surface area contributed by atoms with Crippen LogP contribution < -0.4 is 16.2 Å². The van der Waals surface area contributed by atoms with Crippen molar-refractivity contribution >= 4 is 22.7 Å². The summed E-state index contributed by atoms with van der Waals surface area (Å²) in [7, 11) is 3.39. The molecule has 0 aliphatic rings. The van der Waals surface area contributed by atoms with Gasteiger partial charge < -0.3 is 15.2 Å². The first kappa shape index (κ1) is 15.0. The topological polar surface area (TPSA) is 71.8 Å². The normalized spacial score (nSPS) is 10.7. The molecule has 6 nitrogen and oxygen atoms in total. The zero-order chi connectivity index (χ0) is 16.4. The van der Waals surface area contributed by atoms with Crippen LogP contribution in [0.2, 0.25) is 0 Å². The Labute approximate surface area is 132 Å². The van der Waals surface area contributed by atoms with Gasteiger partial charge in [-0.15, -0.1) is 0 Å². The quantitative estimate of drug-likeness (QED) is 0.772. The smallest absolute Gasteiger partial charge is 0.263 e. The Morgan fingerprint density at radius 3 is 2.61 bits per heavy atom. The van der Waals surface area contributed by atoms with E-state index in [0.717, 1.165) is 5.56 Å². The van der Waals surface area contributed by atoms with Crippen LogP contribution in [-0.4, -0.2) is 21.6 Å². The highest BCUT2D eigenvalue weighted by Crippen LogP contribution is 2.19. The molecule has 2 aromatic heterocycles. The molecule has 0 saturated heterocycles. The van der Waals surface area contributed by atoms with Crippen LogP contribution in [0, 0.1) is 5.82 Å². The van der Waals surface area contributed by atoms with Gasteiger partial charge in [-0.1, -0.05) is 12.1 Å². The van der Waals surface area contributed by atoms with Crippen LogP contribution in [0.1, 0.15) is 5.56 Å². The number of aryl methyl sites for hydroxylation is 1. The van der Waals surface area contributed by atoms with Crippen LogP contribution in [0.3, 0.4) is 0 Å². The van der Waals surface area contributed by atoms with E-state index in [1.54, 1.807) is 38.5 Å². The summed E-state index contributed by atoms with van der Waals surface area (Å²) >= 11 is 0. The number of halogens is 1. The molecule has 0 aliphatic heterocycles. The molecule has 0 radical (unpaired) electrons. The summed E-state index contributed by atoms with van der Waals surface area (Å²) in [5.41, 5.74) is 1.28. The maximum atomic E-state index is 13.0. The van der Waals surface area contributed by atoms with Gasteiger partial charge in [0, 0.05) is 26.8 Å². The van der Waals surface area contributed by atoms with Gasteiger partial charge in [0.2, 0.25) is 5.95 Å². The van der Waals surface area contributed by atoms with E-state index in [-0.39, 0.29) is 11.4 Å². The van der Waals surface area contributed by atoms with E-state index in [2.05, 4.69) is 20.6 Å². The lowest BCUT2D eigenvalue weighted by molar-refractivity contribution is 0.627. The Morgan fingerprint density at radius 1 is 1.17 bits per heavy atom. The number of fused-ring (bicyclic) bond motifs is 1. The van der Waals surface area contributed by atoms with Gasteiger partial charge in [-0.25, -0.2) is 9.37 Å². The summed E-state index contributed by atoms with van der Waals surface area (Å²) in [5, 5.41) is 6.44. The maximum absolute atomic E-state index is 13.0. The zero-order valence-corrected chi connectivity index (χ0v) is 12.8. The van der Waals surface area contributed by atoms with Crippen LogP contribution in [0.5, 0.6) is 0 Å². The van der Waals surface area contributed by atoms with Crippen molar-refractivity contribution in [3.05, 3.63) is 58.3 Å². The van der Waals surface area contributed by atoms with Gasteiger partial charge in [0.25, 0.3) is 5.56 Å². The average molecular weight is 313 g/mol. The van der Waals surface area contributed by atoms with Crippen molar-refractivity contribution in [2.45, 2.75) is 6.54 Å². The second-order valence-electron chi connectivity index (χ2n) is 5.12. The number of nitrogens with one attached hydrogen (secondary N) is 2. The summed E-state index contributed by atoms with van der Waals surface area (Å²) in [6.07, 6.45) is 1.67. The van der Waals surface area contributed by atoms with Gasteiger partial charge in [0.1, 0.15) is 17.0 Å². The lowest BCUT2D eigenvalue weighted by Gasteiger charge is -2.11. The molecule has 2 N–H and O–H groups in total. The van der Waals surface area contributed by atoms with Gasteiger partial charge in [0.05, 0.1) is 5.52 Å². The van der Waals surface area contributed by atoms with Crippen LogP contribution in [0.15, 0.2) is 41.3 Å². The number of pyridine rings is 1. The molecule has 118 valence electrons. The third-order valence-corrected chi connectivity index (χ3v) is 3.52. The van der Waals surface area contributed by atoms with Crippen LogP contribution in [0.25, 0.3) is 10.9 Å². The number of hydrogen-bond acceptors (Lipinski definition) is 5. The van der Waals surface area contributed by atoms with E-state index >= 15 is 0 Å². The van der Waals surface area contributed by atoms with E-state index in [1.165, 1.54) is 16.7 Å². The predicted molar refractivity (Wildman–Crippen MR) is 88.1 cm³/mol. The summed E-state index contributed by atoms with van der Waals surface area (Å²) in [6.45, 7) is 0.424. The van der Waals surface area contributed by atoms with E-state index in [0.29, 0.717) is 29.2 Å². The molecule has 3 aromatic rings. The largest absolute Gasteiger partial charge is 0.365 e. The first-order chi connectivity index (χ1) is 11.1. The number of anilines is 2. The number of hydrogen-bond donors (Lipinski definition) is 2. The summed E-state index contributed by atoms with van der Waals surface area (Å²) < 4.78 is 14.4. The van der Waals surface area contributed by atoms with Crippen molar-refractivity contribution < 1.29 is 4.39 Å². The summed E-state index contributed by atoms with van der Waals surface area (Å²) in [4.78, 5) is 21.0. The highest BCUT2D eigenvalue weighted by atomic mass is 19.1. The second kappa shape index (κ2) is 6.04. The SMILES string of the molecule is CNc1nc(NCc2ccc(F)cc2)c2c(=O)n(C)ccc2n1. The fourth-order valence-electron chi connectivity index (χ4n) is 2.26. The number of benzene rings is 1. The minimum absolute atomic E-state index is 0.174. The van der Waals surface area contributed by atoms with Gasteiger partial charge in [-0.3, -0.25) is 4.79 Å². The Morgan fingerprint density at radius 2 is 1.91 bits per heavy atom. The van der Waals surface area contributed by atoms with E-state index < -0.39 is 0 Å². The number of nitrogens with zero attached hydrogens (tertiary/aromatic N) is 3. The molecule has 0 saturated carbocycles. The van der Waals surface area contributed by atoms with Crippen molar-refractivity contribution in [3.63, 3.8) is 0 Å². The van der Waals surface area contributed by atoms with Crippen molar-refractivity contribution in [3.8, 4) is 0 Å². The lowest BCUT2D eigenvalue weighted by Crippen LogP contribution is -2.19. The lowest BCUT2D eigenvalue weighted by atomic mass is 10.2. The molecular formula is C16H16FN5O. The second-order valence-corrected chi connectivity index (χ2v) is 5.12. The third kappa shape index (κ3) is 2.98. The van der Waals surface area contributed by atoms with Crippen LogP contribution >= 0.6 is 0 Å². The molecule has 0 atom stereocenters. The van der Waals surface area contributed by atoms with E-state index in [4.69, 9.17) is 0 Å². The predicted octanol–water partition coefficient (Wildman–Crippen LogP) is 2.12. The third-order valence-electron chi connectivity index (χ3n) is 3.52. The number of aromatic nitrogens is 3. The van der Waals surface area contributed by atoms with Gasteiger partial charge in [0.15, 0.2) is 0 Å². The fourth-order valence-corrected chi connectivity index (χ4v) is 2.26. The minimum atomic E-state index is -0.285. The van der Waals surface area contributed by atoms with Crippen molar-refractivity contribution in [2.24, 2.45) is 7.05 Å². The molecule has 0 bridgehead atoms. The molecule has 23 heavy (non-hydrogen) atoms. The Hall–Kier alpha value is -2.96. The Bertz CT molecular complexity index is 905. The standard InChI is InChI=1S/C16H16FN5O/c1-18-16-20-12-7-8-22(2)15(23)13(12)14(21-16)19-9-10-3-5-11(17)6-4-10/h3-8H,9H2,1-2H3,(H2,18,19,20,21). The number of rotatable bonds is 4. The average Bonchev–Trinajstić information content (AvgIpc) is 2.57. The van der Waals surface area contributed by atoms with E-state index in [1.807, 2.05) is 0 Å². The van der Waals surface area contributed by atoms with Gasteiger partial charge in [-0.05, 0) is 23.8 Å². The van der Waals surface area contributed by atoms with Crippen LogP contribution in [0.4, 0.5) is 16.2 Å². The summed E-state index contributed by atoms with van der Waals surface area (Å²) in [5.74, 6) is 0.588. The molecule has 2 heterocycles. The Balaban J connectivity index is 2.02. The van der Waals surface area contributed by atoms with Crippen molar-refractivity contribution in [1.82, 2.24) is 14.5 Å². The molecule has 1 aromatic carbocycles. The molecule has 0 aliphatic carbocycles. The monoisotopic (exact) mass is 313 g/mol. The van der Waals surface area contributed by atoms with Crippen molar-refractivity contribution in [2.75, 3.05) is 17.7 Å². The molecule has 3 rings (SSSR count). The fraction of sp³-hybridized carbons (Fsp3) is 0.188. The molecular weight excluding hydrogens is 297 g/mol. The Kier molecular flexibility index (Phi) is 3.92. The highest BCUT2D eigenvalue weighted by Gasteiger charge is 2.11. The zero-order valence-electron chi connectivity index (χ0n) is 12.8. The summed E-state index contributed by atoms with van der Waals surface area (Å²) in [6, 6.07) is 7.92. The van der Waals surface area contributed by atoms with Gasteiger partial charge in [-0.2, -0.15) is 4.98 Å². The van der Waals surface area contributed by atoms with E-state index in [9.17, 15) is 9.18 Å². The highest BCUT2D eigenvalue weighted by molar-refractivity contribution is 5.89. The molecule has 0 unspecified atom stereocenters.